The van der Waals surface area contributed by atoms with Crippen LogP contribution in [0.3, 0.4) is 0 Å². The van der Waals surface area contributed by atoms with Crippen LogP contribution < -0.4 is 19.5 Å². The molecular formula is C20H18N2O4. The summed E-state index contributed by atoms with van der Waals surface area (Å²) < 4.78 is 16.0. The van der Waals surface area contributed by atoms with Crippen LogP contribution >= 0.6 is 0 Å². The summed E-state index contributed by atoms with van der Waals surface area (Å²) in [5.74, 6) is 1.46. The number of anilines is 1. The standard InChI is InChI=1S/C20H18N2O4/c1-2-9-24-17-6-3-14(4-7-17)10-15(12-21)20(23)22-16-5-8-18-19(11-16)26-13-25-18/h3-8,10-11H,2,9,13H2,1H3,(H,22,23)/b15-10+. The van der Waals surface area contributed by atoms with Crippen molar-refractivity contribution in [2.45, 2.75) is 13.3 Å². The molecule has 1 amide bonds. The second-order valence-electron chi connectivity index (χ2n) is 5.61. The molecule has 0 atom stereocenters. The number of nitriles is 1. The van der Waals surface area contributed by atoms with E-state index in [9.17, 15) is 10.1 Å². The van der Waals surface area contributed by atoms with Gasteiger partial charge in [0.05, 0.1) is 6.61 Å². The molecule has 2 aromatic rings. The molecule has 6 nitrogen and oxygen atoms in total. The molecule has 1 N–H and O–H groups in total. The topological polar surface area (TPSA) is 80.6 Å². The fourth-order valence-electron chi connectivity index (χ4n) is 2.37. The maximum Gasteiger partial charge on any atom is 0.266 e. The Hall–Kier alpha value is -3.46. The Balaban J connectivity index is 1.70. The van der Waals surface area contributed by atoms with Crippen LogP contribution in [0.4, 0.5) is 5.69 Å². The lowest BCUT2D eigenvalue weighted by Gasteiger charge is -2.06. The molecule has 0 radical (unpaired) electrons. The van der Waals surface area contributed by atoms with Crippen molar-refractivity contribution >= 4 is 17.7 Å². The predicted octanol–water partition coefficient (Wildman–Crippen LogP) is 3.75. The summed E-state index contributed by atoms with van der Waals surface area (Å²) in [6.45, 7) is 2.85. The van der Waals surface area contributed by atoms with E-state index in [0.717, 1.165) is 17.7 Å². The van der Waals surface area contributed by atoms with E-state index in [1.165, 1.54) is 6.08 Å². The fraction of sp³-hybridized carbons (Fsp3) is 0.200. The molecule has 0 aromatic heterocycles. The quantitative estimate of drug-likeness (QED) is 0.634. The third-order valence-corrected chi connectivity index (χ3v) is 3.66. The Labute approximate surface area is 151 Å². The summed E-state index contributed by atoms with van der Waals surface area (Å²) >= 11 is 0. The Morgan fingerprint density at radius 1 is 1.23 bits per heavy atom. The lowest BCUT2D eigenvalue weighted by atomic mass is 10.1. The van der Waals surface area contributed by atoms with Crippen LogP contribution in [0, 0.1) is 11.3 Å². The van der Waals surface area contributed by atoms with E-state index in [4.69, 9.17) is 14.2 Å². The van der Waals surface area contributed by atoms with Crippen molar-refractivity contribution in [1.82, 2.24) is 0 Å². The van der Waals surface area contributed by atoms with Crippen molar-refractivity contribution in [3.63, 3.8) is 0 Å². The summed E-state index contributed by atoms with van der Waals surface area (Å²) in [6.07, 6.45) is 2.46. The van der Waals surface area contributed by atoms with Crippen LogP contribution in [0.15, 0.2) is 48.0 Å². The van der Waals surface area contributed by atoms with Crippen molar-refractivity contribution in [2.24, 2.45) is 0 Å². The van der Waals surface area contributed by atoms with E-state index in [2.05, 4.69) is 5.32 Å². The summed E-state index contributed by atoms with van der Waals surface area (Å²) in [6, 6.07) is 14.2. The summed E-state index contributed by atoms with van der Waals surface area (Å²) in [5.41, 5.74) is 1.28. The van der Waals surface area contributed by atoms with E-state index < -0.39 is 5.91 Å². The number of ether oxygens (including phenoxy) is 3. The van der Waals surface area contributed by atoms with Gasteiger partial charge in [-0.05, 0) is 42.3 Å². The molecule has 0 fully saturated rings. The Morgan fingerprint density at radius 2 is 2.00 bits per heavy atom. The first-order valence-corrected chi connectivity index (χ1v) is 8.25. The van der Waals surface area contributed by atoms with Crippen LogP contribution in [-0.2, 0) is 4.79 Å². The zero-order valence-corrected chi connectivity index (χ0v) is 14.3. The fourth-order valence-corrected chi connectivity index (χ4v) is 2.37. The maximum atomic E-state index is 12.4. The number of nitrogens with zero attached hydrogens (tertiary/aromatic N) is 1. The monoisotopic (exact) mass is 350 g/mol. The van der Waals surface area contributed by atoms with E-state index >= 15 is 0 Å². The zero-order valence-electron chi connectivity index (χ0n) is 14.3. The molecule has 3 rings (SSSR count). The van der Waals surface area contributed by atoms with Crippen molar-refractivity contribution in [2.75, 3.05) is 18.7 Å². The van der Waals surface area contributed by atoms with E-state index in [-0.39, 0.29) is 12.4 Å². The number of rotatable bonds is 6. The Morgan fingerprint density at radius 3 is 2.73 bits per heavy atom. The molecule has 2 aromatic carbocycles. The molecular weight excluding hydrogens is 332 g/mol. The molecule has 26 heavy (non-hydrogen) atoms. The number of carbonyl (C=O) groups is 1. The first-order chi connectivity index (χ1) is 12.7. The molecule has 6 heteroatoms. The van der Waals surface area contributed by atoms with Crippen molar-refractivity contribution in [3.8, 4) is 23.3 Å². The number of nitrogens with one attached hydrogen (secondary N) is 1. The van der Waals surface area contributed by atoms with Gasteiger partial charge in [-0.15, -0.1) is 0 Å². The minimum absolute atomic E-state index is 0.00453. The molecule has 1 aliphatic heterocycles. The van der Waals surface area contributed by atoms with E-state index in [0.29, 0.717) is 23.8 Å². The molecule has 132 valence electrons. The third-order valence-electron chi connectivity index (χ3n) is 3.66. The van der Waals surface area contributed by atoms with Gasteiger partial charge in [-0.25, -0.2) is 0 Å². The average molecular weight is 350 g/mol. The summed E-state index contributed by atoms with van der Waals surface area (Å²) in [5, 5.41) is 12.0. The lowest BCUT2D eigenvalue weighted by molar-refractivity contribution is -0.112. The minimum Gasteiger partial charge on any atom is -0.494 e. The van der Waals surface area contributed by atoms with E-state index in [1.54, 1.807) is 30.3 Å². The van der Waals surface area contributed by atoms with Crippen molar-refractivity contribution < 1.29 is 19.0 Å². The Bertz CT molecular complexity index is 866. The molecule has 0 aliphatic carbocycles. The Kier molecular flexibility index (Phi) is 5.40. The molecule has 1 aliphatic rings. The number of hydrogen-bond acceptors (Lipinski definition) is 5. The minimum atomic E-state index is -0.488. The number of fused-ring (bicyclic) bond motifs is 1. The van der Waals surface area contributed by atoms with Crippen molar-refractivity contribution in [1.29, 1.82) is 5.26 Å². The number of amides is 1. The van der Waals surface area contributed by atoms with E-state index in [1.807, 2.05) is 25.1 Å². The zero-order chi connectivity index (χ0) is 18.4. The molecule has 1 heterocycles. The van der Waals surface area contributed by atoms with Gasteiger partial charge < -0.3 is 19.5 Å². The maximum absolute atomic E-state index is 12.4. The molecule has 0 spiro atoms. The normalized spacial score (nSPS) is 12.4. The summed E-state index contributed by atoms with van der Waals surface area (Å²) in [4.78, 5) is 12.4. The average Bonchev–Trinajstić information content (AvgIpc) is 3.13. The van der Waals surface area contributed by atoms with Gasteiger partial charge in [0, 0.05) is 11.8 Å². The lowest BCUT2D eigenvalue weighted by Crippen LogP contribution is -2.13. The van der Waals surface area contributed by atoms with Gasteiger partial charge in [0.15, 0.2) is 11.5 Å². The van der Waals surface area contributed by atoms with Gasteiger partial charge in [-0.3, -0.25) is 4.79 Å². The van der Waals surface area contributed by atoms with Gasteiger partial charge in [0.1, 0.15) is 17.4 Å². The first kappa shape index (κ1) is 17.4. The van der Waals surface area contributed by atoms with Gasteiger partial charge in [0.2, 0.25) is 6.79 Å². The van der Waals surface area contributed by atoms with Crippen LogP contribution in [0.25, 0.3) is 6.08 Å². The molecule has 0 bridgehead atoms. The highest BCUT2D eigenvalue weighted by molar-refractivity contribution is 6.09. The van der Waals surface area contributed by atoms with Crippen molar-refractivity contribution in [3.05, 3.63) is 53.6 Å². The molecule has 0 saturated carbocycles. The van der Waals surface area contributed by atoms with Gasteiger partial charge >= 0.3 is 0 Å². The second kappa shape index (κ2) is 8.08. The smallest absolute Gasteiger partial charge is 0.266 e. The largest absolute Gasteiger partial charge is 0.494 e. The number of hydrogen-bond donors (Lipinski definition) is 1. The number of carbonyl (C=O) groups excluding carboxylic acids is 1. The second-order valence-corrected chi connectivity index (χ2v) is 5.61. The molecule has 0 unspecified atom stereocenters. The van der Waals surface area contributed by atoms with Gasteiger partial charge in [-0.1, -0.05) is 19.1 Å². The SMILES string of the molecule is CCCOc1ccc(/C=C(\C#N)C(=O)Nc2ccc3c(c2)OCO3)cc1. The highest BCUT2D eigenvalue weighted by atomic mass is 16.7. The van der Waals surface area contributed by atoms with Gasteiger partial charge in [-0.2, -0.15) is 5.26 Å². The van der Waals surface area contributed by atoms with Crippen LogP contribution in [0.2, 0.25) is 0 Å². The van der Waals surface area contributed by atoms with Crippen LogP contribution in [-0.4, -0.2) is 19.3 Å². The predicted molar refractivity (Wildman–Crippen MR) is 97.0 cm³/mol. The van der Waals surface area contributed by atoms with Gasteiger partial charge in [0.25, 0.3) is 5.91 Å². The highest BCUT2D eigenvalue weighted by Crippen LogP contribution is 2.34. The van der Waals surface area contributed by atoms with Crippen LogP contribution in [0.5, 0.6) is 17.2 Å². The number of benzene rings is 2. The molecule has 0 saturated heterocycles. The summed E-state index contributed by atoms with van der Waals surface area (Å²) in [7, 11) is 0. The first-order valence-electron chi connectivity index (χ1n) is 8.25. The third kappa shape index (κ3) is 4.14. The van der Waals surface area contributed by atoms with Crippen LogP contribution in [0.1, 0.15) is 18.9 Å². The highest BCUT2D eigenvalue weighted by Gasteiger charge is 2.15.